The summed E-state index contributed by atoms with van der Waals surface area (Å²) in [7, 11) is 5.52. The molecule has 32 heavy (non-hydrogen) atoms. The van der Waals surface area contributed by atoms with Crippen molar-refractivity contribution in [2.24, 2.45) is 21.1 Å². The van der Waals surface area contributed by atoms with Gasteiger partial charge in [-0.2, -0.15) is 5.10 Å². The largest absolute Gasteiger partial charge is 0.487 e. The van der Waals surface area contributed by atoms with Crippen molar-refractivity contribution in [2.75, 3.05) is 0 Å². The Labute approximate surface area is 185 Å². The van der Waals surface area contributed by atoms with Crippen molar-refractivity contribution in [3.63, 3.8) is 0 Å². The fourth-order valence-electron chi connectivity index (χ4n) is 3.42. The molecule has 0 saturated heterocycles. The highest BCUT2D eigenvalue weighted by Crippen LogP contribution is 2.25. The van der Waals surface area contributed by atoms with Crippen molar-refractivity contribution in [2.45, 2.75) is 6.61 Å². The van der Waals surface area contributed by atoms with Crippen LogP contribution in [0.1, 0.15) is 11.5 Å². The van der Waals surface area contributed by atoms with E-state index in [0.29, 0.717) is 6.61 Å². The molecule has 0 amide bonds. The Morgan fingerprint density at radius 1 is 0.969 bits per heavy atom. The van der Waals surface area contributed by atoms with Crippen LogP contribution in [0.5, 0.6) is 5.75 Å². The Bertz CT molecular complexity index is 1340. The molecular weight excluding hydrogens is 404 g/mol. The van der Waals surface area contributed by atoms with Gasteiger partial charge in [0.1, 0.15) is 23.9 Å². The molecule has 1 N–H and O–H groups in total. The molecule has 4 rings (SSSR count). The molecule has 0 spiro atoms. The average Bonchev–Trinajstić information content (AvgIpc) is 3.35. The lowest BCUT2D eigenvalue weighted by molar-refractivity contribution is 0.300. The van der Waals surface area contributed by atoms with Crippen LogP contribution in [0.2, 0.25) is 0 Å². The van der Waals surface area contributed by atoms with Gasteiger partial charge in [-0.15, -0.1) is 0 Å². The highest BCUT2D eigenvalue weighted by Gasteiger charge is 2.12. The highest BCUT2D eigenvalue weighted by atomic mass is 16.5. The predicted octanol–water partition coefficient (Wildman–Crippen LogP) is 3.43. The minimum Gasteiger partial charge on any atom is -0.487 e. The molecule has 0 fully saturated rings. The number of imidazole rings is 1. The van der Waals surface area contributed by atoms with Gasteiger partial charge in [0.15, 0.2) is 0 Å². The van der Waals surface area contributed by atoms with E-state index in [1.54, 1.807) is 46.8 Å². The second kappa shape index (κ2) is 8.89. The zero-order valence-corrected chi connectivity index (χ0v) is 18.2. The summed E-state index contributed by atoms with van der Waals surface area (Å²) in [5.74, 6) is 1.51. The fourth-order valence-corrected chi connectivity index (χ4v) is 3.42. The lowest BCUT2D eigenvalue weighted by atomic mass is 10.1. The Morgan fingerprint density at radius 3 is 2.44 bits per heavy atom. The van der Waals surface area contributed by atoms with Crippen molar-refractivity contribution in [3.8, 4) is 28.1 Å². The number of ether oxygens (including phenoxy) is 1. The number of hydrogen-bond donors (Lipinski definition) is 1. The summed E-state index contributed by atoms with van der Waals surface area (Å²) in [6.45, 7) is 0.306. The van der Waals surface area contributed by atoms with E-state index in [1.807, 2.05) is 55.3 Å². The Morgan fingerprint density at radius 2 is 1.72 bits per heavy atom. The third kappa shape index (κ3) is 4.44. The number of allylic oxidation sites excluding steroid dienone is 1. The molecule has 3 heterocycles. The van der Waals surface area contributed by atoms with Crippen LogP contribution in [-0.4, -0.2) is 30.1 Å². The van der Waals surface area contributed by atoms with Gasteiger partial charge in [0.05, 0.1) is 5.69 Å². The second-order valence-corrected chi connectivity index (χ2v) is 7.46. The van der Waals surface area contributed by atoms with Crippen molar-refractivity contribution in [3.05, 3.63) is 82.9 Å². The van der Waals surface area contributed by atoms with E-state index >= 15 is 0 Å². The Balaban J connectivity index is 1.50. The van der Waals surface area contributed by atoms with Gasteiger partial charge < -0.3 is 19.3 Å². The summed E-state index contributed by atoms with van der Waals surface area (Å²) in [4.78, 5) is 16.3. The number of rotatable bonds is 7. The number of aromatic nitrogens is 5. The summed E-state index contributed by atoms with van der Waals surface area (Å²) < 4.78 is 11.2. The molecular formula is C24H24N6O2. The average molecular weight is 428 g/mol. The van der Waals surface area contributed by atoms with Gasteiger partial charge in [0, 0.05) is 68.7 Å². The van der Waals surface area contributed by atoms with E-state index in [0.717, 1.165) is 39.7 Å². The molecule has 0 aliphatic heterocycles. The molecule has 0 bridgehead atoms. The van der Waals surface area contributed by atoms with E-state index in [9.17, 15) is 4.79 Å². The van der Waals surface area contributed by atoms with Crippen LogP contribution in [0.25, 0.3) is 28.5 Å². The van der Waals surface area contributed by atoms with Crippen LogP contribution < -0.4 is 10.3 Å². The SMILES string of the molecule is Cn1cc(-c2ccc(=O)n(C)c2)c(COc2ccc(-c3cn(C)c(/C=C\C=N)n3)cc2)n1. The molecule has 0 aliphatic carbocycles. The molecule has 8 nitrogen and oxygen atoms in total. The van der Waals surface area contributed by atoms with Crippen LogP contribution in [0.4, 0.5) is 0 Å². The molecule has 162 valence electrons. The Hall–Kier alpha value is -4.20. The highest BCUT2D eigenvalue weighted by molar-refractivity contribution is 5.75. The quantitative estimate of drug-likeness (QED) is 0.457. The molecule has 0 radical (unpaired) electrons. The predicted molar refractivity (Wildman–Crippen MR) is 125 cm³/mol. The van der Waals surface area contributed by atoms with Gasteiger partial charge in [0.2, 0.25) is 5.56 Å². The molecule has 0 saturated carbocycles. The molecule has 1 aromatic carbocycles. The number of nitrogens with one attached hydrogen (secondary N) is 1. The summed E-state index contributed by atoms with van der Waals surface area (Å²) in [6.07, 6.45) is 10.3. The third-order valence-electron chi connectivity index (χ3n) is 5.08. The summed E-state index contributed by atoms with van der Waals surface area (Å²) in [5.41, 5.74) is 4.41. The van der Waals surface area contributed by atoms with E-state index in [-0.39, 0.29) is 5.56 Å². The van der Waals surface area contributed by atoms with Gasteiger partial charge in [-0.25, -0.2) is 4.98 Å². The number of aryl methyl sites for hydroxylation is 3. The maximum absolute atomic E-state index is 11.7. The van der Waals surface area contributed by atoms with E-state index in [1.165, 1.54) is 6.21 Å². The number of hydrogen-bond acceptors (Lipinski definition) is 5. The fraction of sp³-hybridized carbons (Fsp3) is 0.167. The van der Waals surface area contributed by atoms with Crippen LogP contribution in [0, 0.1) is 5.41 Å². The third-order valence-corrected chi connectivity index (χ3v) is 5.08. The zero-order valence-electron chi connectivity index (χ0n) is 18.2. The molecule has 0 unspecified atom stereocenters. The van der Waals surface area contributed by atoms with Gasteiger partial charge >= 0.3 is 0 Å². The minimum absolute atomic E-state index is 0.0544. The molecule has 4 aromatic rings. The normalized spacial score (nSPS) is 11.2. The van der Waals surface area contributed by atoms with E-state index in [4.69, 9.17) is 10.1 Å². The van der Waals surface area contributed by atoms with Crippen molar-refractivity contribution >= 4 is 12.3 Å². The summed E-state index contributed by atoms with van der Waals surface area (Å²) in [5, 5.41) is 11.6. The molecule has 3 aromatic heterocycles. The van der Waals surface area contributed by atoms with E-state index < -0.39 is 0 Å². The summed E-state index contributed by atoms with van der Waals surface area (Å²) in [6, 6.07) is 11.1. The smallest absolute Gasteiger partial charge is 0.250 e. The van der Waals surface area contributed by atoms with Crippen LogP contribution in [0.3, 0.4) is 0 Å². The van der Waals surface area contributed by atoms with Gasteiger partial charge in [0.25, 0.3) is 0 Å². The van der Waals surface area contributed by atoms with Crippen LogP contribution in [-0.2, 0) is 27.7 Å². The first kappa shape index (κ1) is 21.0. The first-order valence-electron chi connectivity index (χ1n) is 10.1. The van der Waals surface area contributed by atoms with Crippen LogP contribution in [0.15, 0.2) is 65.9 Å². The topological polar surface area (TPSA) is 90.7 Å². The number of pyridine rings is 1. The van der Waals surface area contributed by atoms with Gasteiger partial charge in [-0.3, -0.25) is 9.48 Å². The lowest BCUT2D eigenvalue weighted by Gasteiger charge is -2.08. The maximum Gasteiger partial charge on any atom is 0.250 e. The zero-order chi connectivity index (χ0) is 22.7. The molecule has 8 heteroatoms. The Kier molecular flexibility index (Phi) is 5.85. The van der Waals surface area contributed by atoms with Crippen molar-refractivity contribution in [1.82, 2.24) is 23.9 Å². The molecule has 0 atom stereocenters. The van der Waals surface area contributed by atoms with E-state index in [2.05, 4.69) is 10.1 Å². The number of nitrogens with zero attached hydrogens (tertiary/aromatic N) is 5. The minimum atomic E-state index is -0.0544. The maximum atomic E-state index is 11.7. The number of benzene rings is 1. The first-order chi connectivity index (χ1) is 15.4. The van der Waals surface area contributed by atoms with Crippen molar-refractivity contribution < 1.29 is 4.74 Å². The van der Waals surface area contributed by atoms with Gasteiger partial charge in [-0.05, 0) is 42.5 Å². The van der Waals surface area contributed by atoms with Crippen LogP contribution >= 0.6 is 0 Å². The first-order valence-corrected chi connectivity index (χ1v) is 10.1. The standard InChI is InChI=1S/C24H24N6O2/c1-28-15-21(26-23(28)5-4-12-25)17-6-9-19(10-7-17)32-16-22-20(14-30(3)27-22)18-8-11-24(31)29(2)13-18/h4-15,25H,16H2,1-3H3/b5-4-,25-12?. The monoisotopic (exact) mass is 428 g/mol. The van der Waals surface area contributed by atoms with Crippen molar-refractivity contribution in [1.29, 1.82) is 5.41 Å². The van der Waals surface area contributed by atoms with Gasteiger partial charge in [-0.1, -0.05) is 0 Å². The summed E-state index contributed by atoms with van der Waals surface area (Å²) >= 11 is 0. The second-order valence-electron chi connectivity index (χ2n) is 7.46. The molecule has 0 aliphatic rings. The lowest BCUT2D eigenvalue weighted by Crippen LogP contribution is -2.14.